The fourth-order valence-corrected chi connectivity index (χ4v) is 10.1. The number of hydrogen-bond acceptors (Lipinski definition) is 2. The zero-order valence-corrected chi connectivity index (χ0v) is 35.4. The van der Waals surface area contributed by atoms with Crippen LogP contribution in [0.25, 0.3) is 100.0 Å². The SMILES string of the molecule is CC1(c2ccccc2)c2cc(-c3ccccc3)ccc2-c2ccc(-c3ccc(-c4ccc(-c5cc(-c6cccc7ccccc67)nc(-c6ccccc6)n5)c5ccccc45)cc3)cc21. The van der Waals surface area contributed by atoms with E-state index in [1.807, 2.05) is 18.2 Å². The molecular weight excluding hydrogens is 773 g/mol. The van der Waals surface area contributed by atoms with Gasteiger partial charge in [-0.1, -0.05) is 218 Å². The normalized spacial score (nSPS) is 14.1. The van der Waals surface area contributed by atoms with E-state index in [-0.39, 0.29) is 5.41 Å². The average Bonchev–Trinajstić information content (AvgIpc) is 3.63. The molecule has 0 fully saturated rings. The van der Waals surface area contributed by atoms with Gasteiger partial charge in [-0.25, -0.2) is 9.97 Å². The third-order valence-corrected chi connectivity index (χ3v) is 13.4. The third-order valence-electron chi connectivity index (χ3n) is 13.4. The van der Waals surface area contributed by atoms with Gasteiger partial charge in [0.05, 0.1) is 11.4 Å². The van der Waals surface area contributed by atoms with Crippen LogP contribution in [0, 0.1) is 0 Å². The molecule has 2 heteroatoms. The molecule has 0 bridgehead atoms. The third kappa shape index (κ3) is 6.26. The standard InChI is InChI=1S/C62H42N2/c1-62(48-22-9-4-10-23-48)57-38-46(41-16-5-2-6-17-41)32-34-53(57)54-35-33-47(39-58(54)62)42-28-30-44(31-29-42)50-36-37-56(52-26-14-13-25-51(50)52)60-40-59(63-61(64-60)45-19-7-3-8-20-45)55-27-15-21-43-18-11-12-24-49(43)55/h2-40H,1H3. The molecule has 10 aromatic carbocycles. The summed E-state index contributed by atoms with van der Waals surface area (Å²) >= 11 is 0. The second kappa shape index (κ2) is 15.3. The van der Waals surface area contributed by atoms with Gasteiger partial charge in [0.25, 0.3) is 0 Å². The van der Waals surface area contributed by atoms with Crippen molar-refractivity contribution < 1.29 is 0 Å². The van der Waals surface area contributed by atoms with Gasteiger partial charge in [-0.2, -0.15) is 0 Å². The molecule has 1 aliphatic rings. The highest BCUT2D eigenvalue weighted by atomic mass is 14.9. The highest BCUT2D eigenvalue weighted by Crippen LogP contribution is 2.54. The van der Waals surface area contributed by atoms with Crippen molar-refractivity contribution in [1.82, 2.24) is 9.97 Å². The largest absolute Gasteiger partial charge is 0.228 e. The molecular formula is C62H42N2. The molecule has 0 saturated heterocycles. The van der Waals surface area contributed by atoms with Gasteiger partial charge in [-0.05, 0) is 108 Å². The number of rotatable bonds is 7. The van der Waals surface area contributed by atoms with E-state index in [0.717, 1.165) is 33.5 Å². The lowest BCUT2D eigenvalue weighted by atomic mass is 9.73. The van der Waals surface area contributed by atoms with Crippen molar-refractivity contribution in [1.29, 1.82) is 0 Å². The fraction of sp³-hybridized carbons (Fsp3) is 0.0323. The van der Waals surface area contributed by atoms with E-state index in [2.05, 4.69) is 225 Å². The maximum absolute atomic E-state index is 5.25. The Kier molecular flexibility index (Phi) is 8.98. The summed E-state index contributed by atoms with van der Waals surface area (Å²) < 4.78 is 0. The molecule has 1 aliphatic carbocycles. The van der Waals surface area contributed by atoms with Gasteiger partial charge in [0, 0.05) is 22.1 Å². The lowest BCUT2D eigenvalue weighted by Gasteiger charge is -2.29. The van der Waals surface area contributed by atoms with Crippen LogP contribution in [0.3, 0.4) is 0 Å². The van der Waals surface area contributed by atoms with Crippen molar-refractivity contribution in [3.63, 3.8) is 0 Å². The van der Waals surface area contributed by atoms with E-state index in [1.165, 1.54) is 77.4 Å². The summed E-state index contributed by atoms with van der Waals surface area (Å²) in [7, 11) is 0. The second-order valence-electron chi connectivity index (χ2n) is 17.0. The predicted octanol–water partition coefficient (Wildman–Crippen LogP) is 16.1. The Hall–Kier alpha value is -8.20. The highest BCUT2D eigenvalue weighted by molar-refractivity contribution is 6.05. The Morgan fingerprint density at radius 2 is 0.734 bits per heavy atom. The number of benzene rings is 10. The minimum atomic E-state index is -0.311. The second-order valence-corrected chi connectivity index (χ2v) is 17.0. The fourth-order valence-electron chi connectivity index (χ4n) is 10.1. The summed E-state index contributed by atoms with van der Waals surface area (Å²) in [6.07, 6.45) is 0. The van der Waals surface area contributed by atoms with Gasteiger partial charge in [0.2, 0.25) is 0 Å². The van der Waals surface area contributed by atoms with E-state index in [0.29, 0.717) is 5.82 Å². The van der Waals surface area contributed by atoms with Gasteiger partial charge in [-0.15, -0.1) is 0 Å². The van der Waals surface area contributed by atoms with Crippen molar-refractivity contribution in [2.75, 3.05) is 0 Å². The Balaban J connectivity index is 0.931. The number of nitrogens with zero attached hydrogens (tertiary/aromatic N) is 2. The van der Waals surface area contributed by atoms with Gasteiger partial charge < -0.3 is 0 Å². The maximum Gasteiger partial charge on any atom is 0.160 e. The topological polar surface area (TPSA) is 25.8 Å². The summed E-state index contributed by atoms with van der Waals surface area (Å²) in [5.74, 6) is 0.709. The van der Waals surface area contributed by atoms with Crippen molar-refractivity contribution in [3.8, 4) is 78.4 Å². The molecule has 64 heavy (non-hydrogen) atoms. The van der Waals surface area contributed by atoms with Crippen molar-refractivity contribution >= 4 is 21.5 Å². The molecule has 1 aromatic heterocycles. The Morgan fingerprint density at radius 3 is 1.38 bits per heavy atom. The van der Waals surface area contributed by atoms with E-state index in [1.54, 1.807) is 0 Å². The number of aromatic nitrogens is 2. The summed E-state index contributed by atoms with van der Waals surface area (Å²) in [6.45, 7) is 2.40. The summed E-state index contributed by atoms with van der Waals surface area (Å²) in [4.78, 5) is 10.4. The lowest BCUT2D eigenvalue weighted by Crippen LogP contribution is -2.22. The molecule has 2 nitrogen and oxygen atoms in total. The zero-order valence-electron chi connectivity index (χ0n) is 35.4. The molecule has 300 valence electrons. The molecule has 12 rings (SSSR count). The first-order chi connectivity index (χ1) is 31.6. The van der Waals surface area contributed by atoms with Crippen LogP contribution in [0.2, 0.25) is 0 Å². The van der Waals surface area contributed by atoms with Gasteiger partial charge >= 0.3 is 0 Å². The monoisotopic (exact) mass is 814 g/mol. The van der Waals surface area contributed by atoms with Crippen molar-refractivity contribution in [2.45, 2.75) is 12.3 Å². The number of hydrogen-bond donors (Lipinski definition) is 0. The minimum Gasteiger partial charge on any atom is -0.228 e. The molecule has 0 aliphatic heterocycles. The molecule has 1 heterocycles. The molecule has 1 unspecified atom stereocenters. The van der Waals surface area contributed by atoms with Crippen LogP contribution in [0.5, 0.6) is 0 Å². The molecule has 0 radical (unpaired) electrons. The Morgan fingerprint density at radius 1 is 0.297 bits per heavy atom. The quantitative estimate of drug-likeness (QED) is 0.160. The summed E-state index contributed by atoms with van der Waals surface area (Å²) in [5, 5.41) is 4.69. The van der Waals surface area contributed by atoms with Crippen LogP contribution in [0.15, 0.2) is 237 Å². The highest BCUT2D eigenvalue weighted by Gasteiger charge is 2.41. The zero-order chi connectivity index (χ0) is 42.6. The minimum absolute atomic E-state index is 0.311. The van der Waals surface area contributed by atoms with Crippen molar-refractivity contribution in [3.05, 3.63) is 253 Å². The van der Waals surface area contributed by atoms with Crippen LogP contribution in [0.4, 0.5) is 0 Å². The summed E-state index contributed by atoms with van der Waals surface area (Å²) in [5.41, 5.74) is 18.5. The first-order valence-corrected chi connectivity index (χ1v) is 22.1. The van der Waals surface area contributed by atoms with Gasteiger partial charge in [-0.3, -0.25) is 0 Å². The smallest absolute Gasteiger partial charge is 0.160 e. The van der Waals surface area contributed by atoms with Crippen LogP contribution in [0.1, 0.15) is 23.6 Å². The van der Waals surface area contributed by atoms with Crippen LogP contribution < -0.4 is 0 Å². The average molecular weight is 815 g/mol. The van der Waals surface area contributed by atoms with Crippen LogP contribution >= 0.6 is 0 Å². The van der Waals surface area contributed by atoms with E-state index < -0.39 is 0 Å². The van der Waals surface area contributed by atoms with Gasteiger partial charge in [0.15, 0.2) is 5.82 Å². The summed E-state index contributed by atoms with van der Waals surface area (Å²) in [6, 6.07) is 85.5. The molecule has 0 saturated carbocycles. The van der Waals surface area contributed by atoms with E-state index in [4.69, 9.17) is 9.97 Å². The molecule has 1 atom stereocenters. The Labute approximate surface area is 373 Å². The van der Waals surface area contributed by atoms with E-state index in [9.17, 15) is 0 Å². The van der Waals surface area contributed by atoms with E-state index >= 15 is 0 Å². The Bertz CT molecular complexity index is 3530. The molecule has 0 amide bonds. The number of fused-ring (bicyclic) bond motifs is 5. The van der Waals surface area contributed by atoms with Crippen LogP contribution in [-0.2, 0) is 5.41 Å². The van der Waals surface area contributed by atoms with Crippen molar-refractivity contribution in [2.24, 2.45) is 0 Å². The first kappa shape index (κ1) is 37.6. The molecule has 11 aromatic rings. The lowest BCUT2D eigenvalue weighted by molar-refractivity contribution is 0.714. The van der Waals surface area contributed by atoms with Gasteiger partial charge in [0.1, 0.15) is 0 Å². The molecule has 0 N–H and O–H groups in total. The maximum atomic E-state index is 5.25. The molecule has 0 spiro atoms. The van der Waals surface area contributed by atoms with Crippen LogP contribution in [-0.4, -0.2) is 9.97 Å². The first-order valence-electron chi connectivity index (χ1n) is 22.1. The predicted molar refractivity (Wildman–Crippen MR) is 267 cm³/mol.